The van der Waals surface area contributed by atoms with Crippen LogP contribution < -0.4 is 4.90 Å². The number of anilines is 1. The van der Waals surface area contributed by atoms with Crippen molar-refractivity contribution >= 4 is 32.7 Å². The Morgan fingerprint density at radius 1 is 1.35 bits per heavy atom. The molecule has 0 bridgehead atoms. The molecular weight excluding hydrogens is 283 g/mol. The minimum Gasteiger partial charge on any atom is -0.361 e. The van der Waals surface area contributed by atoms with Crippen LogP contribution in [0, 0.1) is 5.92 Å². The van der Waals surface area contributed by atoms with Gasteiger partial charge in [0.25, 0.3) is 0 Å². The second-order valence-corrected chi connectivity index (χ2v) is 6.44. The van der Waals surface area contributed by atoms with E-state index >= 15 is 0 Å². The third-order valence-corrected chi connectivity index (χ3v) is 4.36. The summed E-state index contributed by atoms with van der Waals surface area (Å²) in [5, 5.41) is 1.03. The summed E-state index contributed by atoms with van der Waals surface area (Å²) in [5.41, 5.74) is 1.60. The number of carbonyl (C=O) groups excluding carboxylic acids is 1. The minimum atomic E-state index is -4.55. The fourth-order valence-electron chi connectivity index (χ4n) is 2.63. The van der Waals surface area contributed by atoms with Crippen LogP contribution in [0.4, 0.5) is 9.57 Å². The van der Waals surface area contributed by atoms with Crippen molar-refractivity contribution in [2.75, 3.05) is 17.2 Å². The van der Waals surface area contributed by atoms with Crippen molar-refractivity contribution in [3.05, 3.63) is 30.5 Å². The zero-order valence-corrected chi connectivity index (χ0v) is 11.4. The summed E-state index contributed by atoms with van der Waals surface area (Å²) < 4.78 is 34.1. The van der Waals surface area contributed by atoms with Crippen molar-refractivity contribution in [3.63, 3.8) is 0 Å². The number of nitrogens with one attached hydrogen (secondary N) is 1. The van der Waals surface area contributed by atoms with E-state index in [1.165, 1.54) is 4.90 Å². The van der Waals surface area contributed by atoms with Crippen LogP contribution in [0.2, 0.25) is 0 Å². The van der Waals surface area contributed by atoms with Gasteiger partial charge in [0.1, 0.15) is 0 Å². The summed E-state index contributed by atoms with van der Waals surface area (Å²) in [4.78, 5) is 16.5. The maximum absolute atomic E-state index is 12.7. The van der Waals surface area contributed by atoms with Crippen molar-refractivity contribution < 1.29 is 17.1 Å². The van der Waals surface area contributed by atoms with Gasteiger partial charge in [-0.15, -0.1) is 3.89 Å². The van der Waals surface area contributed by atoms with Crippen LogP contribution in [0.3, 0.4) is 0 Å². The number of carbonyl (C=O) groups is 1. The van der Waals surface area contributed by atoms with Crippen LogP contribution >= 0.6 is 0 Å². The lowest BCUT2D eigenvalue weighted by Crippen LogP contribution is -2.25. The van der Waals surface area contributed by atoms with Gasteiger partial charge in [-0.1, -0.05) is 6.07 Å². The molecule has 1 aromatic carbocycles. The number of aromatic amines is 1. The van der Waals surface area contributed by atoms with Crippen LogP contribution in [0.25, 0.3) is 10.9 Å². The topological polar surface area (TPSA) is 70.2 Å². The SMILES string of the molecule is O=C1CC(CS(=O)(=O)F)CN1c1ccc2cc[nH]c2c1. The number of fused-ring (bicyclic) bond motifs is 1. The molecule has 0 radical (unpaired) electrons. The fourth-order valence-corrected chi connectivity index (χ4v) is 3.41. The molecule has 0 spiro atoms. The predicted molar refractivity (Wildman–Crippen MR) is 73.7 cm³/mol. The highest BCUT2D eigenvalue weighted by molar-refractivity contribution is 7.86. The van der Waals surface area contributed by atoms with Crippen molar-refractivity contribution in [2.45, 2.75) is 6.42 Å². The Balaban J connectivity index is 1.85. The molecule has 1 unspecified atom stereocenters. The lowest BCUT2D eigenvalue weighted by molar-refractivity contribution is -0.117. The number of amides is 1. The third-order valence-electron chi connectivity index (χ3n) is 3.49. The highest BCUT2D eigenvalue weighted by Gasteiger charge is 2.33. The maximum atomic E-state index is 12.7. The molecule has 1 N–H and O–H groups in total. The first-order valence-corrected chi connectivity index (χ1v) is 7.77. The average Bonchev–Trinajstić information content (AvgIpc) is 2.92. The Morgan fingerprint density at radius 2 is 2.15 bits per heavy atom. The van der Waals surface area contributed by atoms with Crippen LogP contribution in [0.5, 0.6) is 0 Å². The summed E-state index contributed by atoms with van der Waals surface area (Å²) in [6, 6.07) is 7.44. The molecule has 106 valence electrons. The van der Waals surface area contributed by atoms with Crippen molar-refractivity contribution in [1.82, 2.24) is 4.98 Å². The Bertz CT molecular complexity index is 769. The van der Waals surface area contributed by atoms with Gasteiger partial charge in [-0.25, -0.2) is 0 Å². The Labute approximate surface area is 115 Å². The van der Waals surface area contributed by atoms with Crippen molar-refractivity contribution in [2.24, 2.45) is 5.92 Å². The van der Waals surface area contributed by atoms with Gasteiger partial charge in [-0.05, 0) is 23.6 Å². The van der Waals surface area contributed by atoms with E-state index < -0.39 is 21.9 Å². The molecular formula is C13H13FN2O3S. The number of benzene rings is 1. The second-order valence-electron chi connectivity index (χ2n) is 5.03. The summed E-state index contributed by atoms with van der Waals surface area (Å²) in [7, 11) is -4.55. The molecule has 0 saturated carbocycles. The predicted octanol–water partition coefficient (Wildman–Crippen LogP) is 1.82. The summed E-state index contributed by atoms with van der Waals surface area (Å²) >= 11 is 0. The minimum absolute atomic E-state index is 0.0614. The maximum Gasteiger partial charge on any atom is 0.302 e. The molecule has 0 aliphatic carbocycles. The average molecular weight is 296 g/mol. The number of halogens is 1. The smallest absolute Gasteiger partial charge is 0.302 e. The van der Waals surface area contributed by atoms with E-state index in [4.69, 9.17) is 0 Å². The number of hydrogen-bond acceptors (Lipinski definition) is 3. The highest BCUT2D eigenvalue weighted by atomic mass is 32.3. The van der Waals surface area contributed by atoms with Crippen LogP contribution in [0.15, 0.2) is 30.5 Å². The normalized spacial score (nSPS) is 19.9. The number of H-pyrrole nitrogens is 1. The van der Waals surface area contributed by atoms with E-state index in [-0.39, 0.29) is 18.9 Å². The summed E-state index contributed by atoms with van der Waals surface area (Å²) in [6.07, 6.45) is 1.87. The number of aromatic nitrogens is 1. The Morgan fingerprint density at radius 3 is 2.90 bits per heavy atom. The molecule has 1 atom stereocenters. The summed E-state index contributed by atoms with van der Waals surface area (Å²) in [6.45, 7) is 0.230. The Hall–Kier alpha value is -1.89. The third kappa shape index (κ3) is 2.53. The van der Waals surface area contributed by atoms with Gasteiger partial charge >= 0.3 is 10.2 Å². The van der Waals surface area contributed by atoms with Gasteiger partial charge in [0, 0.05) is 36.3 Å². The number of nitrogens with zero attached hydrogens (tertiary/aromatic N) is 1. The molecule has 5 nitrogen and oxygen atoms in total. The lowest BCUT2D eigenvalue weighted by Gasteiger charge is -2.16. The van der Waals surface area contributed by atoms with E-state index in [1.54, 1.807) is 12.3 Å². The first kappa shape index (κ1) is 13.1. The highest BCUT2D eigenvalue weighted by Crippen LogP contribution is 2.28. The van der Waals surface area contributed by atoms with Crippen molar-refractivity contribution in [1.29, 1.82) is 0 Å². The summed E-state index contributed by atoms with van der Waals surface area (Å²) in [5.74, 6) is -1.26. The molecule has 1 amide bonds. The molecule has 2 heterocycles. The van der Waals surface area contributed by atoms with Gasteiger partial charge in [0.15, 0.2) is 0 Å². The quantitative estimate of drug-likeness (QED) is 0.878. The molecule has 2 aromatic rings. The lowest BCUT2D eigenvalue weighted by atomic mass is 10.1. The molecule has 7 heteroatoms. The van der Waals surface area contributed by atoms with Gasteiger partial charge in [0.05, 0.1) is 5.75 Å². The van der Waals surface area contributed by atoms with Gasteiger partial charge < -0.3 is 9.88 Å². The van der Waals surface area contributed by atoms with Crippen LogP contribution in [0.1, 0.15) is 6.42 Å². The van der Waals surface area contributed by atoms with E-state index in [0.717, 1.165) is 10.9 Å². The van der Waals surface area contributed by atoms with Gasteiger partial charge in [0.2, 0.25) is 5.91 Å². The largest absolute Gasteiger partial charge is 0.361 e. The number of rotatable bonds is 3. The zero-order chi connectivity index (χ0) is 14.3. The molecule has 1 saturated heterocycles. The fraction of sp³-hybridized carbons (Fsp3) is 0.308. The number of hydrogen-bond donors (Lipinski definition) is 1. The van der Waals surface area contributed by atoms with Crippen molar-refractivity contribution in [3.8, 4) is 0 Å². The van der Waals surface area contributed by atoms with E-state index in [1.807, 2.05) is 18.2 Å². The molecule has 20 heavy (non-hydrogen) atoms. The first-order chi connectivity index (χ1) is 9.42. The van der Waals surface area contributed by atoms with Crippen LogP contribution in [-0.2, 0) is 15.0 Å². The van der Waals surface area contributed by atoms with Gasteiger partial charge in [-0.2, -0.15) is 8.42 Å². The molecule has 1 fully saturated rings. The molecule has 3 rings (SSSR count). The Kier molecular flexibility index (Phi) is 3.01. The standard InChI is InChI=1S/C13H13FN2O3S/c14-20(18,19)8-9-5-13(17)16(7-9)11-2-1-10-3-4-15-12(10)6-11/h1-4,6,9,15H,5,7-8H2. The second kappa shape index (κ2) is 4.59. The monoisotopic (exact) mass is 296 g/mol. The van der Waals surface area contributed by atoms with E-state index in [0.29, 0.717) is 5.69 Å². The van der Waals surface area contributed by atoms with Gasteiger partial charge in [-0.3, -0.25) is 4.79 Å². The van der Waals surface area contributed by atoms with Crippen LogP contribution in [-0.4, -0.2) is 31.6 Å². The molecule has 1 aromatic heterocycles. The zero-order valence-electron chi connectivity index (χ0n) is 10.5. The molecule has 1 aliphatic rings. The van der Waals surface area contributed by atoms with E-state index in [2.05, 4.69) is 4.98 Å². The first-order valence-electron chi connectivity index (χ1n) is 6.22. The van der Waals surface area contributed by atoms with E-state index in [9.17, 15) is 17.1 Å². The molecule has 1 aliphatic heterocycles.